The summed E-state index contributed by atoms with van der Waals surface area (Å²) in [6.45, 7) is 3.52. The summed E-state index contributed by atoms with van der Waals surface area (Å²) >= 11 is 0. The van der Waals surface area contributed by atoms with E-state index in [0.29, 0.717) is 11.4 Å². The number of ether oxygens (including phenoxy) is 1. The molecule has 0 radical (unpaired) electrons. The molecule has 1 atom stereocenters. The van der Waals surface area contributed by atoms with Gasteiger partial charge in [0.15, 0.2) is 0 Å². The molecule has 1 amide bonds. The predicted molar refractivity (Wildman–Crippen MR) is 65.7 cm³/mol. The summed E-state index contributed by atoms with van der Waals surface area (Å²) < 4.78 is 5.33. The topological polar surface area (TPSA) is 66.8 Å². The van der Waals surface area contributed by atoms with Gasteiger partial charge in [-0.1, -0.05) is 18.2 Å². The molecule has 5 heteroatoms. The van der Waals surface area contributed by atoms with Gasteiger partial charge in [-0.25, -0.2) is 4.79 Å². The van der Waals surface area contributed by atoms with Crippen LogP contribution in [0.2, 0.25) is 0 Å². The molecule has 0 aromatic heterocycles. The number of carboxylic acid groups (broad SMARTS) is 1. The van der Waals surface area contributed by atoms with Crippen molar-refractivity contribution in [2.24, 2.45) is 0 Å². The number of para-hydroxylation sites is 2. The predicted octanol–water partition coefficient (Wildman–Crippen LogP) is 1.44. The summed E-state index contributed by atoms with van der Waals surface area (Å²) in [6, 6.07) is 6.89. The number of carbonyl (C=O) groups is 2. The van der Waals surface area contributed by atoms with Gasteiger partial charge in [0, 0.05) is 6.42 Å². The highest BCUT2D eigenvalue weighted by atomic mass is 16.5. The molecule has 1 aromatic rings. The number of carboxylic acids is 1. The van der Waals surface area contributed by atoms with Gasteiger partial charge < -0.3 is 14.7 Å². The summed E-state index contributed by atoms with van der Waals surface area (Å²) in [5.74, 6) is -0.860. The van der Waals surface area contributed by atoms with Crippen molar-refractivity contribution in [1.29, 1.82) is 0 Å². The molecule has 94 valence electrons. The molecule has 1 heterocycles. The average molecular weight is 247 g/mol. The van der Waals surface area contributed by atoms with Crippen molar-refractivity contribution < 1.29 is 19.4 Å². The van der Waals surface area contributed by atoms with Crippen LogP contribution in [-0.4, -0.2) is 29.6 Å². The number of rotatable bonds is 3. The molecule has 0 fully saturated rings. The van der Waals surface area contributed by atoms with E-state index in [9.17, 15) is 9.59 Å². The van der Waals surface area contributed by atoms with Crippen molar-refractivity contribution in [3.8, 4) is 5.75 Å². The van der Waals surface area contributed by atoms with E-state index in [1.54, 1.807) is 24.3 Å². The quantitative estimate of drug-likeness (QED) is 0.821. The molecule has 5 nitrogen and oxygen atoms in total. The fourth-order valence-corrected chi connectivity index (χ4v) is 1.83. The number of aliphatic carboxylic acids is 1. The van der Waals surface area contributed by atoms with Crippen LogP contribution in [-0.2, 0) is 9.59 Å². The van der Waals surface area contributed by atoms with Crippen LogP contribution < -0.4 is 9.64 Å². The number of benzene rings is 1. The van der Waals surface area contributed by atoms with E-state index in [1.165, 1.54) is 11.0 Å². The Bertz CT molecular complexity index is 498. The van der Waals surface area contributed by atoms with E-state index >= 15 is 0 Å². The number of nitrogens with zero attached hydrogens (tertiary/aromatic N) is 1. The molecule has 18 heavy (non-hydrogen) atoms. The maximum atomic E-state index is 11.9. The van der Waals surface area contributed by atoms with Crippen LogP contribution in [0.15, 0.2) is 36.9 Å². The zero-order valence-electron chi connectivity index (χ0n) is 9.70. The summed E-state index contributed by atoms with van der Waals surface area (Å²) in [5, 5.41) is 9.01. The summed E-state index contributed by atoms with van der Waals surface area (Å²) in [4.78, 5) is 24.4. The molecule has 0 saturated heterocycles. The van der Waals surface area contributed by atoms with Crippen LogP contribution in [0.5, 0.6) is 5.75 Å². The third-order valence-corrected chi connectivity index (χ3v) is 2.67. The summed E-state index contributed by atoms with van der Waals surface area (Å²) in [6.07, 6.45) is 0.630. The molecule has 0 bridgehead atoms. The number of anilines is 1. The fraction of sp³-hybridized carbons (Fsp3) is 0.231. The molecule has 1 N–H and O–H groups in total. The van der Waals surface area contributed by atoms with Gasteiger partial charge in [-0.3, -0.25) is 4.79 Å². The lowest BCUT2D eigenvalue weighted by Crippen LogP contribution is -2.46. The molecular formula is C13H13NO4. The van der Waals surface area contributed by atoms with E-state index in [-0.39, 0.29) is 18.9 Å². The lowest BCUT2D eigenvalue weighted by molar-refractivity contribution is -0.145. The summed E-state index contributed by atoms with van der Waals surface area (Å²) in [5.41, 5.74) is 0.599. The van der Waals surface area contributed by atoms with Crippen LogP contribution in [0.25, 0.3) is 0 Å². The Morgan fingerprint density at radius 3 is 2.89 bits per heavy atom. The van der Waals surface area contributed by atoms with Crippen molar-refractivity contribution in [1.82, 2.24) is 0 Å². The first-order valence-corrected chi connectivity index (χ1v) is 5.53. The molecule has 1 unspecified atom stereocenters. The Kier molecular flexibility index (Phi) is 3.32. The fourth-order valence-electron chi connectivity index (χ4n) is 1.83. The second-order valence-electron chi connectivity index (χ2n) is 3.91. The number of hydrogen-bond acceptors (Lipinski definition) is 3. The average Bonchev–Trinajstić information content (AvgIpc) is 2.37. The largest absolute Gasteiger partial charge is 0.478 e. The zero-order valence-corrected chi connectivity index (χ0v) is 9.70. The minimum Gasteiger partial charge on any atom is -0.478 e. The van der Waals surface area contributed by atoms with Gasteiger partial charge in [-0.15, -0.1) is 6.58 Å². The molecular weight excluding hydrogens is 234 g/mol. The monoisotopic (exact) mass is 247 g/mol. The van der Waals surface area contributed by atoms with Crippen LogP contribution in [0.1, 0.15) is 6.42 Å². The SMILES string of the molecule is C=CCC(=O)N1CC(C(=O)O)Oc2ccccc21. The van der Waals surface area contributed by atoms with Gasteiger partial charge >= 0.3 is 5.97 Å². The first kappa shape index (κ1) is 12.2. The number of hydrogen-bond donors (Lipinski definition) is 1. The maximum absolute atomic E-state index is 11.9. The highest BCUT2D eigenvalue weighted by Gasteiger charge is 2.32. The van der Waals surface area contributed by atoms with Crippen LogP contribution >= 0.6 is 0 Å². The smallest absolute Gasteiger partial charge is 0.346 e. The second kappa shape index (κ2) is 4.91. The second-order valence-corrected chi connectivity index (χ2v) is 3.91. The third kappa shape index (κ3) is 2.20. The van der Waals surface area contributed by atoms with Gasteiger partial charge in [0.2, 0.25) is 12.0 Å². The molecule has 1 aliphatic heterocycles. The van der Waals surface area contributed by atoms with E-state index in [0.717, 1.165) is 0 Å². The minimum atomic E-state index is -1.08. The Hall–Kier alpha value is -2.30. The molecule has 2 rings (SSSR count). The zero-order chi connectivity index (χ0) is 13.1. The first-order valence-electron chi connectivity index (χ1n) is 5.53. The van der Waals surface area contributed by atoms with Crippen LogP contribution in [0.3, 0.4) is 0 Å². The van der Waals surface area contributed by atoms with E-state index in [1.807, 2.05) is 0 Å². The van der Waals surface area contributed by atoms with Gasteiger partial charge in [-0.05, 0) is 12.1 Å². The van der Waals surface area contributed by atoms with E-state index < -0.39 is 12.1 Å². The van der Waals surface area contributed by atoms with Gasteiger partial charge in [0.1, 0.15) is 5.75 Å². The van der Waals surface area contributed by atoms with Crippen molar-refractivity contribution in [3.05, 3.63) is 36.9 Å². The van der Waals surface area contributed by atoms with Gasteiger partial charge in [-0.2, -0.15) is 0 Å². The normalized spacial score (nSPS) is 17.6. The van der Waals surface area contributed by atoms with Crippen LogP contribution in [0, 0.1) is 0 Å². The highest BCUT2D eigenvalue weighted by Crippen LogP contribution is 2.33. The van der Waals surface area contributed by atoms with Crippen molar-refractivity contribution in [2.75, 3.05) is 11.4 Å². The van der Waals surface area contributed by atoms with Gasteiger partial charge in [0.25, 0.3) is 0 Å². The number of amides is 1. The standard InChI is InChI=1S/C13H13NO4/c1-2-5-12(15)14-8-11(13(16)17)18-10-7-4-3-6-9(10)14/h2-4,6-7,11H,1,5,8H2,(H,16,17). The summed E-state index contributed by atoms with van der Waals surface area (Å²) in [7, 11) is 0. The Morgan fingerprint density at radius 1 is 1.50 bits per heavy atom. The maximum Gasteiger partial charge on any atom is 0.346 e. The third-order valence-electron chi connectivity index (χ3n) is 2.67. The van der Waals surface area contributed by atoms with Crippen molar-refractivity contribution in [2.45, 2.75) is 12.5 Å². The van der Waals surface area contributed by atoms with E-state index in [2.05, 4.69) is 6.58 Å². The lowest BCUT2D eigenvalue weighted by atomic mass is 10.1. The number of carbonyl (C=O) groups excluding carboxylic acids is 1. The van der Waals surface area contributed by atoms with Crippen molar-refractivity contribution >= 4 is 17.6 Å². The van der Waals surface area contributed by atoms with E-state index in [4.69, 9.17) is 9.84 Å². The molecule has 0 aliphatic carbocycles. The van der Waals surface area contributed by atoms with Crippen molar-refractivity contribution in [3.63, 3.8) is 0 Å². The Morgan fingerprint density at radius 2 is 2.22 bits per heavy atom. The highest BCUT2D eigenvalue weighted by molar-refractivity contribution is 5.97. The molecule has 1 aliphatic rings. The molecule has 0 saturated carbocycles. The van der Waals surface area contributed by atoms with Crippen LogP contribution in [0.4, 0.5) is 5.69 Å². The Labute approximate surface area is 104 Å². The molecule has 1 aromatic carbocycles. The molecule has 0 spiro atoms. The lowest BCUT2D eigenvalue weighted by Gasteiger charge is -2.32. The number of fused-ring (bicyclic) bond motifs is 1. The first-order chi connectivity index (χ1) is 8.63. The van der Waals surface area contributed by atoms with Gasteiger partial charge in [0.05, 0.1) is 12.2 Å². The minimum absolute atomic E-state index is 0.0129. The Balaban J connectivity index is 2.36.